The minimum atomic E-state index is -0.536. The first kappa shape index (κ1) is 17.0. The molecule has 1 saturated heterocycles. The van der Waals surface area contributed by atoms with Gasteiger partial charge in [-0.3, -0.25) is 9.69 Å². The number of benzene rings is 1. The SMILES string of the molecule is CC1(C)[C@@H]2CC[C@@]1([C@@H](O)CN1CCN(c3ccccc3)CC1)C(=O)C2. The molecule has 1 aromatic carbocycles. The molecule has 4 nitrogen and oxygen atoms in total. The molecule has 1 N–H and O–H groups in total. The first-order valence-corrected chi connectivity index (χ1v) is 9.69. The number of rotatable bonds is 4. The van der Waals surface area contributed by atoms with Gasteiger partial charge in [-0.05, 0) is 36.3 Å². The van der Waals surface area contributed by atoms with Crippen LogP contribution in [0.2, 0.25) is 0 Å². The Morgan fingerprint density at radius 1 is 1.16 bits per heavy atom. The Morgan fingerprint density at radius 2 is 1.84 bits per heavy atom. The van der Waals surface area contributed by atoms with Crippen molar-refractivity contribution in [1.82, 2.24) is 4.90 Å². The Morgan fingerprint density at radius 3 is 2.40 bits per heavy atom. The molecule has 3 fully saturated rings. The predicted molar refractivity (Wildman–Crippen MR) is 99.7 cm³/mol. The molecule has 0 radical (unpaired) electrons. The van der Waals surface area contributed by atoms with Crippen molar-refractivity contribution >= 4 is 11.5 Å². The second-order valence-electron chi connectivity index (χ2n) is 8.69. The second kappa shape index (κ2) is 6.10. The van der Waals surface area contributed by atoms with E-state index < -0.39 is 11.5 Å². The summed E-state index contributed by atoms with van der Waals surface area (Å²) in [6.07, 6.45) is 2.10. The number of Topliss-reactive ketones (excluding diaryl/α,β-unsaturated/α-hetero) is 1. The van der Waals surface area contributed by atoms with Crippen molar-refractivity contribution < 1.29 is 9.90 Å². The average molecular weight is 342 g/mol. The number of hydrogen-bond acceptors (Lipinski definition) is 4. The van der Waals surface area contributed by atoms with Crippen LogP contribution in [0.1, 0.15) is 33.1 Å². The maximum absolute atomic E-state index is 12.7. The van der Waals surface area contributed by atoms with Crippen LogP contribution in [0, 0.1) is 16.7 Å². The summed E-state index contributed by atoms with van der Waals surface area (Å²) < 4.78 is 0. The number of anilines is 1. The quantitative estimate of drug-likeness (QED) is 0.913. The zero-order valence-corrected chi connectivity index (χ0v) is 15.4. The van der Waals surface area contributed by atoms with Gasteiger partial charge in [-0.1, -0.05) is 32.0 Å². The van der Waals surface area contributed by atoms with Crippen LogP contribution in [-0.2, 0) is 4.79 Å². The molecular weight excluding hydrogens is 312 g/mol. The van der Waals surface area contributed by atoms with Gasteiger partial charge in [0.15, 0.2) is 0 Å². The number of aliphatic hydroxyl groups excluding tert-OH is 1. The van der Waals surface area contributed by atoms with Crippen LogP contribution in [0.5, 0.6) is 0 Å². The van der Waals surface area contributed by atoms with Crippen LogP contribution in [0.4, 0.5) is 5.69 Å². The van der Waals surface area contributed by atoms with Gasteiger partial charge in [-0.2, -0.15) is 0 Å². The minimum Gasteiger partial charge on any atom is -0.391 e. The predicted octanol–water partition coefficient (Wildman–Crippen LogP) is 2.56. The third kappa shape index (κ3) is 2.53. The zero-order chi connectivity index (χ0) is 17.7. The standard InChI is InChI=1S/C21H30N2O2/c1-20(2)16-8-9-21(20,18(24)14-16)19(25)15-22-10-12-23(13-11-22)17-6-4-3-5-7-17/h3-7,16,19,25H,8-15H2,1-2H3/t16-,19+,21+/m1/s1. The number of para-hydroxylation sites is 1. The fourth-order valence-electron chi connectivity index (χ4n) is 5.72. The number of carbonyl (C=O) groups excluding carboxylic acids is 1. The number of hydrogen-bond donors (Lipinski definition) is 1. The van der Waals surface area contributed by atoms with E-state index in [1.165, 1.54) is 5.69 Å². The molecule has 2 bridgehead atoms. The maximum atomic E-state index is 12.7. The summed E-state index contributed by atoms with van der Waals surface area (Å²) in [6.45, 7) is 8.87. The highest BCUT2D eigenvalue weighted by Gasteiger charge is 2.67. The Labute approximate surface area is 150 Å². The van der Waals surface area contributed by atoms with E-state index in [9.17, 15) is 9.90 Å². The van der Waals surface area contributed by atoms with E-state index in [1.54, 1.807) is 0 Å². The molecule has 3 aliphatic rings. The van der Waals surface area contributed by atoms with Crippen LogP contribution >= 0.6 is 0 Å². The van der Waals surface area contributed by atoms with Crippen molar-refractivity contribution in [3.05, 3.63) is 30.3 Å². The summed E-state index contributed by atoms with van der Waals surface area (Å²) in [5, 5.41) is 11.1. The summed E-state index contributed by atoms with van der Waals surface area (Å²) >= 11 is 0. The van der Waals surface area contributed by atoms with Crippen LogP contribution < -0.4 is 4.90 Å². The van der Waals surface area contributed by atoms with E-state index in [1.807, 2.05) is 6.07 Å². The maximum Gasteiger partial charge on any atom is 0.142 e. The third-order valence-corrected chi connectivity index (χ3v) is 7.48. The van der Waals surface area contributed by atoms with Crippen LogP contribution in [0.15, 0.2) is 30.3 Å². The lowest BCUT2D eigenvalue weighted by atomic mass is 9.65. The van der Waals surface area contributed by atoms with Gasteiger partial charge < -0.3 is 10.0 Å². The Balaban J connectivity index is 1.40. The number of ketones is 1. The molecule has 136 valence electrons. The van der Waals surface area contributed by atoms with E-state index >= 15 is 0 Å². The summed E-state index contributed by atoms with van der Waals surface area (Å²) in [5.74, 6) is 0.772. The fourth-order valence-corrected chi connectivity index (χ4v) is 5.72. The first-order chi connectivity index (χ1) is 11.9. The molecular formula is C21H30N2O2. The van der Waals surface area contributed by atoms with E-state index in [-0.39, 0.29) is 5.41 Å². The highest BCUT2D eigenvalue weighted by atomic mass is 16.3. The number of nitrogens with zero attached hydrogens (tertiary/aromatic N) is 2. The van der Waals surface area contributed by atoms with Gasteiger partial charge in [-0.15, -0.1) is 0 Å². The molecule has 0 aromatic heterocycles. The fraction of sp³-hybridized carbons (Fsp3) is 0.667. The molecule has 25 heavy (non-hydrogen) atoms. The van der Waals surface area contributed by atoms with Gasteiger partial charge in [0.25, 0.3) is 0 Å². The molecule has 0 unspecified atom stereocenters. The minimum absolute atomic E-state index is 0.0602. The van der Waals surface area contributed by atoms with Gasteiger partial charge in [0.1, 0.15) is 5.78 Å². The Hall–Kier alpha value is -1.39. The monoisotopic (exact) mass is 342 g/mol. The number of piperazine rings is 1. The molecule has 1 aromatic rings. The van der Waals surface area contributed by atoms with Crippen molar-refractivity contribution in [2.75, 3.05) is 37.6 Å². The number of fused-ring (bicyclic) bond motifs is 2. The number of carbonyl (C=O) groups is 1. The number of β-amino-alcohol motifs (C(OH)–C–C–N with tert-alkyl or cyclic N) is 1. The van der Waals surface area contributed by atoms with E-state index in [4.69, 9.17) is 0 Å². The second-order valence-corrected chi connectivity index (χ2v) is 8.69. The summed E-state index contributed by atoms with van der Waals surface area (Å²) in [4.78, 5) is 17.4. The van der Waals surface area contributed by atoms with Gasteiger partial charge in [0, 0.05) is 44.8 Å². The molecule has 2 saturated carbocycles. The van der Waals surface area contributed by atoms with Crippen molar-refractivity contribution in [3.8, 4) is 0 Å². The lowest BCUT2D eigenvalue weighted by Crippen LogP contribution is -2.54. The van der Waals surface area contributed by atoms with Crippen molar-refractivity contribution in [1.29, 1.82) is 0 Å². The first-order valence-electron chi connectivity index (χ1n) is 9.69. The lowest BCUT2D eigenvalue weighted by Gasteiger charge is -2.44. The number of aliphatic hydroxyl groups is 1. The van der Waals surface area contributed by atoms with E-state index in [2.05, 4.69) is 47.9 Å². The lowest BCUT2D eigenvalue weighted by molar-refractivity contribution is -0.140. The van der Waals surface area contributed by atoms with Crippen molar-refractivity contribution in [2.45, 2.75) is 39.2 Å². The summed E-state index contributed by atoms with van der Waals surface area (Å²) in [5.41, 5.74) is 0.705. The molecule has 1 aliphatic heterocycles. The summed E-state index contributed by atoms with van der Waals surface area (Å²) in [6, 6.07) is 10.5. The summed E-state index contributed by atoms with van der Waals surface area (Å²) in [7, 11) is 0. The normalized spacial score (nSPS) is 33.0. The van der Waals surface area contributed by atoms with Gasteiger partial charge in [0.05, 0.1) is 11.5 Å². The smallest absolute Gasteiger partial charge is 0.142 e. The largest absolute Gasteiger partial charge is 0.391 e. The zero-order valence-electron chi connectivity index (χ0n) is 15.4. The van der Waals surface area contributed by atoms with Crippen molar-refractivity contribution in [2.24, 2.45) is 16.7 Å². The van der Waals surface area contributed by atoms with E-state index in [0.717, 1.165) is 39.0 Å². The highest BCUT2D eigenvalue weighted by Crippen LogP contribution is 2.65. The molecule has 4 heteroatoms. The van der Waals surface area contributed by atoms with Gasteiger partial charge in [0.2, 0.25) is 0 Å². The topological polar surface area (TPSA) is 43.8 Å². The molecule has 1 heterocycles. The van der Waals surface area contributed by atoms with Gasteiger partial charge in [-0.25, -0.2) is 0 Å². The highest BCUT2D eigenvalue weighted by molar-refractivity contribution is 5.90. The molecule has 2 aliphatic carbocycles. The third-order valence-electron chi connectivity index (χ3n) is 7.48. The van der Waals surface area contributed by atoms with Crippen LogP contribution in [-0.4, -0.2) is 54.6 Å². The molecule has 3 atom stereocenters. The van der Waals surface area contributed by atoms with E-state index in [0.29, 0.717) is 24.7 Å². The Bertz CT molecular complexity index is 637. The van der Waals surface area contributed by atoms with Crippen LogP contribution in [0.25, 0.3) is 0 Å². The van der Waals surface area contributed by atoms with Gasteiger partial charge >= 0.3 is 0 Å². The molecule has 4 rings (SSSR count). The molecule has 0 amide bonds. The molecule has 0 spiro atoms. The van der Waals surface area contributed by atoms with Crippen molar-refractivity contribution in [3.63, 3.8) is 0 Å². The van der Waals surface area contributed by atoms with Crippen LogP contribution in [0.3, 0.4) is 0 Å². The Kier molecular flexibility index (Phi) is 4.16. The average Bonchev–Trinajstić information content (AvgIpc) is 2.99.